The maximum absolute atomic E-state index is 12.1. The van der Waals surface area contributed by atoms with Crippen LogP contribution >= 0.6 is 39.0 Å². The number of thiazole rings is 1. The standard InChI is InChI=1S/C17H14BrN5O2S2/c1-9-7-26-16(19-9)20-14(24)8-27-17-22-21-15(23(17)2)13-6-10-5-11(18)3-4-12(10)25-13/h3-7H,8H2,1-2H3,(H,19,20,24). The van der Waals surface area contributed by atoms with Gasteiger partial charge in [-0.2, -0.15) is 0 Å². The molecule has 0 saturated heterocycles. The zero-order valence-electron chi connectivity index (χ0n) is 14.4. The Balaban J connectivity index is 1.47. The summed E-state index contributed by atoms with van der Waals surface area (Å²) in [5.74, 6) is 1.33. The van der Waals surface area contributed by atoms with Crippen molar-refractivity contribution >= 4 is 61.0 Å². The molecule has 3 heterocycles. The van der Waals surface area contributed by atoms with Gasteiger partial charge in [0, 0.05) is 22.3 Å². The molecule has 4 rings (SSSR count). The van der Waals surface area contributed by atoms with E-state index in [1.165, 1.54) is 23.1 Å². The molecule has 0 atom stereocenters. The Morgan fingerprint density at radius 3 is 3.00 bits per heavy atom. The Morgan fingerprint density at radius 2 is 2.22 bits per heavy atom. The van der Waals surface area contributed by atoms with Crippen LogP contribution in [-0.4, -0.2) is 31.4 Å². The average Bonchev–Trinajstić information content (AvgIpc) is 3.31. The number of aromatic nitrogens is 4. The number of carbonyl (C=O) groups excluding carboxylic acids is 1. The lowest BCUT2D eigenvalue weighted by atomic mass is 10.2. The van der Waals surface area contributed by atoms with Gasteiger partial charge in [-0.15, -0.1) is 21.5 Å². The van der Waals surface area contributed by atoms with Crippen molar-refractivity contribution in [2.24, 2.45) is 7.05 Å². The molecule has 1 aromatic carbocycles. The summed E-state index contributed by atoms with van der Waals surface area (Å²) in [4.78, 5) is 16.3. The number of amides is 1. The fourth-order valence-corrected chi connectivity index (χ4v) is 4.27. The summed E-state index contributed by atoms with van der Waals surface area (Å²) in [5, 5.41) is 15.3. The number of benzene rings is 1. The van der Waals surface area contributed by atoms with Crippen LogP contribution in [-0.2, 0) is 11.8 Å². The highest BCUT2D eigenvalue weighted by molar-refractivity contribution is 9.10. The number of furan rings is 1. The number of rotatable bonds is 5. The summed E-state index contributed by atoms with van der Waals surface area (Å²) < 4.78 is 8.67. The first-order valence-electron chi connectivity index (χ1n) is 7.93. The number of carbonyl (C=O) groups is 1. The molecular weight excluding hydrogens is 450 g/mol. The molecule has 7 nitrogen and oxygen atoms in total. The minimum Gasteiger partial charge on any atom is -0.453 e. The first kappa shape index (κ1) is 18.2. The molecule has 27 heavy (non-hydrogen) atoms. The van der Waals surface area contributed by atoms with E-state index in [1.807, 2.05) is 48.2 Å². The van der Waals surface area contributed by atoms with Crippen LogP contribution in [0.5, 0.6) is 0 Å². The Morgan fingerprint density at radius 1 is 1.37 bits per heavy atom. The van der Waals surface area contributed by atoms with Crippen molar-refractivity contribution in [2.45, 2.75) is 12.1 Å². The summed E-state index contributed by atoms with van der Waals surface area (Å²) >= 11 is 6.17. The number of nitrogens with one attached hydrogen (secondary N) is 1. The molecule has 4 aromatic rings. The van der Waals surface area contributed by atoms with E-state index < -0.39 is 0 Å². The molecule has 0 aliphatic rings. The van der Waals surface area contributed by atoms with Gasteiger partial charge in [0.15, 0.2) is 21.9 Å². The molecule has 10 heteroatoms. The molecule has 0 aliphatic carbocycles. The summed E-state index contributed by atoms with van der Waals surface area (Å²) in [6, 6.07) is 7.74. The highest BCUT2D eigenvalue weighted by atomic mass is 79.9. The van der Waals surface area contributed by atoms with Gasteiger partial charge in [0.25, 0.3) is 0 Å². The SMILES string of the molecule is Cc1csc(NC(=O)CSc2nnc(-c3cc4cc(Br)ccc4o3)n2C)n1. The molecular formula is C17H14BrN5O2S2. The van der Waals surface area contributed by atoms with Gasteiger partial charge in [0.05, 0.1) is 11.4 Å². The van der Waals surface area contributed by atoms with E-state index in [-0.39, 0.29) is 11.7 Å². The third kappa shape index (κ3) is 3.92. The lowest BCUT2D eigenvalue weighted by molar-refractivity contribution is -0.113. The van der Waals surface area contributed by atoms with Gasteiger partial charge in [0.1, 0.15) is 5.58 Å². The maximum Gasteiger partial charge on any atom is 0.236 e. The number of fused-ring (bicyclic) bond motifs is 1. The van der Waals surface area contributed by atoms with E-state index in [1.54, 1.807) is 0 Å². The van der Waals surface area contributed by atoms with E-state index in [4.69, 9.17) is 4.42 Å². The van der Waals surface area contributed by atoms with Gasteiger partial charge in [-0.25, -0.2) is 4.98 Å². The Bertz CT molecular complexity index is 1130. The number of aryl methyl sites for hydroxylation is 1. The van der Waals surface area contributed by atoms with Crippen molar-refractivity contribution in [3.8, 4) is 11.6 Å². The first-order chi connectivity index (χ1) is 13.0. The minimum atomic E-state index is -0.132. The lowest BCUT2D eigenvalue weighted by Crippen LogP contribution is -2.14. The Hall–Kier alpha value is -2.17. The van der Waals surface area contributed by atoms with Gasteiger partial charge < -0.3 is 14.3 Å². The maximum atomic E-state index is 12.1. The summed E-state index contributed by atoms with van der Waals surface area (Å²) in [7, 11) is 1.85. The number of anilines is 1. The molecule has 0 fully saturated rings. The summed E-state index contributed by atoms with van der Waals surface area (Å²) in [5.41, 5.74) is 1.67. The van der Waals surface area contributed by atoms with E-state index in [0.29, 0.717) is 21.9 Å². The average molecular weight is 464 g/mol. The van der Waals surface area contributed by atoms with Gasteiger partial charge in [0.2, 0.25) is 5.91 Å². The molecule has 1 amide bonds. The molecule has 0 unspecified atom stereocenters. The van der Waals surface area contributed by atoms with Crippen LogP contribution in [0.15, 0.2) is 43.7 Å². The number of hydrogen-bond donors (Lipinski definition) is 1. The molecule has 3 aromatic heterocycles. The van der Waals surface area contributed by atoms with Crippen molar-refractivity contribution in [1.82, 2.24) is 19.7 Å². The topological polar surface area (TPSA) is 85.8 Å². The Kier molecular flexibility index (Phi) is 5.02. The largest absolute Gasteiger partial charge is 0.453 e. The molecule has 0 bridgehead atoms. The molecule has 0 spiro atoms. The number of halogens is 1. The van der Waals surface area contributed by atoms with Gasteiger partial charge in [-0.05, 0) is 31.2 Å². The first-order valence-corrected chi connectivity index (χ1v) is 10.6. The van der Waals surface area contributed by atoms with Crippen molar-refractivity contribution in [3.05, 3.63) is 39.8 Å². The third-order valence-corrected chi connectivity index (χ3v) is 6.12. The highest BCUT2D eigenvalue weighted by Gasteiger charge is 2.17. The van der Waals surface area contributed by atoms with Crippen molar-refractivity contribution in [2.75, 3.05) is 11.1 Å². The van der Waals surface area contributed by atoms with Gasteiger partial charge in [-0.3, -0.25) is 4.79 Å². The third-order valence-electron chi connectivity index (χ3n) is 3.73. The van der Waals surface area contributed by atoms with Crippen LogP contribution in [0.25, 0.3) is 22.6 Å². The summed E-state index contributed by atoms with van der Waals surface area (Å²) in [6.45, 7) is 1.89. The normalized spacial score (nSPS) is 11.2. The second kappa shape index (κ2) is 7.45. The highest BCUT2D eigenvalue weighted by Crippen LogP contribution is 2.30. The fraction of sp³-hybridized carbons (Fsp3) is 0.176. The van der Waals surface area contributed by atoms with Crippen LogP contribution in [0.1, 0.15) is 5.69 Å². The Labute approximate surface area is 171 Å². The second-order valence-corrected chi connectivity index (χ2v) is 8.51. The van der Waals surface area contributed by atoms with Crippen LogP contribution in [0.2, 0.25) is 0 Å². The smallest absolute Gasteiger partial charge is 0.236 e. The van der Waals surface area contributed by atoms with Crippen LogP contribution in [0.3, 0.4) is 0 Å². The van der Waals surface area contributed by atoms with Gasteiger partial charge >= 0.3 is 0 Å². The predicted molar refractivity (Wildman–Crippen MR) is 110 cm³/mol. The molecule has 0 radical (unpaired) electrons. The van der Waals surface area contributed by atoms with E-state index in [2.05, 4.69) is 36.4 Å². The van der Waals surface area contributed by atoms with Crippen molar-refractivity contribution in [1.29, 1.82) is 0 Å². The quantitative estimate of drug-likeness (QED) is 0.438. The van der Waals surface area contributed by atoms with Gasteiger partial charge in [-0.1, -0.05) is 27.7 Å². The van der Waals surface area contributed by atoms with E-state index >= 15 is 0 Å². The number of hydrogen-bond acceptors (Lipinski definition) is 7. The minimum absolute atomic E-state index is 0.132. The monoisotopic (exact) mass is 463 g/mol. The zero-order valence-corrected chi connectivity index (χ0v) is 17.6. The molecule has 0 saturated carbocycles. The van der Waals surface area contributed by atoms with Crippen LogP contribution in [0.4, 0.5) is 5.13 Å². The second-order valence-electron chi connectivity index (χ2n) is 5.79. The lowest BCUT2D eigenvalue weighted by Gasteiger charge is -2.02. The zero-order chi connectivity index (χ0) is 19.0. The van der Waals surface area contributed by atoms with E-state index in [9.17, 15) is 4.79 Å². The molecule has 0 aliphatic heterocycles. The molecule has 138 valence electrons. The van der Waals surface area contributed by atoms with Crippen molar-refractivity contribution < 1.29 is 9.21 Å². The number of thioether (sulfide) groups is 1. The van der Waals surface area contributed by atoms with Crippen molar-refractivity contribution in [3.63, 3.8) is 0 Å². The molecule has 1 N–H and O–H groups in total. The fourth-order valence-electron chi connectivity index (χ4n) is 2.48. The summed E-state index contributed by atoms with van der Waals surface area (Å²) in [6.07, 6.45) is 0. The van der Waals surface area contributed by atoms with Crippen LogP contribution in [0, 0.1) is 6.92 Å². The number of nitrogens with zero attached hydrogens (tertiary/aromatic N) is 4. The predicted octanol–water partition coefficient (Wildman–Crippen LogP) is 4.49. The van der Waals surface area contributed by atoms with E-state index in [0.717, 1.165) is 21.1 Å². The van der Waals surface area contributed by atoms with Crippen LogP contribution < -0.4 is 5.32 Å².